The molecule has 2 aromatic heterocycles. The van der Waals surface area contributed by atoms with Crippen LogP contribution in [0.25, 0.3) is 11.2 Å². The fourth-order valence-corrected chi connectivity index (χ4v) is 3.93. The molecule has 0 bridgehead atoms. The molecular formula is C20H23N6O5. The van der Waals surface area contributed by atoms with Crippen LogP contribution in [0, 0.1) is 17.8 Å². The van der Waals surface area contributed by atoms with Gasteiger partial charge in [0.05, 0.1) is 6.33 Å². The number of hydrogen-bond acceptors (Lipinski definition) is 10. The van der Waals surface area contributed by atoms with Gasteiger partial charge in [-0.3, -0.25) is 14.2 Å². The summed E-state index contributed by atoms with van der Waals surface area (Å²) >= 11 is 0. The highest BCUT2D eigenvalue weighted by atomic mass is 16.6. The zero-order valence-electron chi connectivity index (χ0n) is 17.3. The van der Waals surface area contributed by atoms with Gasteiger partial charge in [0.1, 0.15) is 18.8 Å². The molecule has 3 atom stereocenters. The number of anilines is 1. The zero-order chi connectivity index (χ0) is 22.0. The number of imidazole rings is 1. The Labute approximate surface area is 178 Å². The highest BCUT2D eigenvalue weighted by molar-refractivity contribution is 5.83. The van der Waals surface area contributed by atoms with Crippen molar-refractivity contribution in [3.05, 3.63) is 18.6 Å². The van der Waals surface area contributed by atoms with E-state index in [9.17, 15) is 14.9 Å². The second-order valence-electron chi connectivity index (χ2n) is 7.59. The maximum absolute atomic E-state index is 11.6. The summed E-state index contributed by atoms with van der Waals surface area (Å²) in [6.07, 6.45) is 5.41. The Kier molecular flexibility index (Phi) is 5.99. The van der Waals surface area contributed by atoms with E-state index in [-0.39, 0.29) is 18.5 Å². The number of aromatic nitrogens is 4. The third-order valence-electron chi connectivity index (χ3n) is 5.24. The van der Waals surface area contributed by atoms with Crippen LogP contribution in [-0.2, 0) is 23.8 Å². The average Bonchev–Trinajstić information content (AvgIpc) is 3.45. The first-order valence-corrected chi connectivity index (χ1v) is 10.2. The first-order valence-electron chi connectivity index (χ1n) is 10.2. The van der Waals surface area contributed by atoms with Gasteiger partial charge in [0.15, 0.2) is 29.3 Å². The minimum Gasteiger partial charge on any atom is -0.463 e. The van der Waals surface area contributed by atoms with Crippen molar-refractivity contribution in [2.45, 2.75) is 64.0 Å². The lowest BCUT2D eigenvalue weighted by molar-refractivity contribution is -0.152. The van der Waals surface area contributed by atoms with Crippen molar-refractivity contribution in [2.24, 2.45) is 0 Å². The number of ether oxygens (including phenoxy) is 3. The van der Waals surface area contributed by atoms with Gasteiger partial charge < -0.3 is 19.5 Å². The Hall–Kier alpha value is -3.26. The summed E-state index contributed by atoms with van der Waals surface area (Å²) in [6, 6.07) is 2.25. The van der Waals surface area contributed by atoms with Gasteiger partial charge >= 0.3 is 11.9 Å². The largest absolute Gasteiger partial charge is 0.463 e. The van der Waals surface area contributed by atoms with Crippen LogP contribution in [0.3, 0.4) is 0 Å². The molecule has 1 saturated heterocycles. The number of carbonyl (C=O) groups excluding carboxylic acids is 2. The van der Waals surface area contributed by atoms with Crippen LogP contribution in [0.4, 0.5) is 5.82 Å². The molecule has 0 unspecified atom stereocenters. The number of esters is 2. The normalized spacial score (nSPS) is 23.6. The summed E-state index contributed by atoms with van der Waals surface area (Å²) in [7, 11) is 0. The molecule has 2 fully saturated rings. The predicted octanol–water partition coefficient (Wildman–Crippen LogP) is 1.65. The summed E-state index contributed by atoms with van der Waals surface area (Å²) < 4.78 is 18.0. The lowest BCUT2D eigenvalue weighted by atomic mass is 10.2. The molecule has 4 rings (SSSR count). The summed E-state index contributed by atoms with van der Waals surface area (Å²) in [6.45, 7) is 2.59. The zero-order valence-corrected chi connectivity index (χ0v) is 17.3. The fraction of sp³-hybridized carbons (Fsp3) is 0.550. The van der Waals surface area contributed by atoms with Gasteiger partial charge in [-0.05, 0) is 12.8 Å². The van der Waals surface area contributed by atoms with Gasteiger partial charge in [-0.15, -0.1) is 0 Å². The maximum Gasteiger partial charge on any atom is 0.303 e. The Morgan fingerprint density at radius 3 is 2.74 bits per heavy atom. The minimum absolute atomic E-state index is 0.00257. The van der Waals surface area contributed by atoms with Gasteiger partial charge in [-0.1, -0.05) is 12.8 Å². The third-order valence-corrected chi connectivity index (χ3v) is 5.24. The molecule has 31 heavy (non-hydrogen) atoms. The van der Waals surface area contributed by atoms with E-state index in [1.54, 1.807) is 11.0 Å². The van der Waals surface area contributed by atoms with E-state index in [2.05, 4.69) is 20.3 Å². The van der Waals surface area contributed by atoms with Crippen LogP contribution in [0.1, 0.15) is 51.6 Å². The number of carbonyl (C=O) groups is 2. The maximum atomic E-state index is 11.6. The summed E-state index contributed by atoms with van der Waals surface area (Å²) in [5.41, 5.74) is 0.884. The van der Waals surface area contributed by atoms with Crippen LogP contribution >= 0.6 is 0 Å². The van der Waals surface area contributed by atoms with Gasteiger partial charge in [0, 0.05) is 26.3 Å². The molecule has 1 saturated carbocycles. The van der Waals surface area contributed by atoms with Crippen molar-refractivity contribution in [2.75, 3.05) is 11.9 Å². The quantitative estimate of drug-likeness (QED) is 0.676. The fourth-order valence-electron chi connectivity index (χ4n) is 3.93. The van der Waals surface area contributed by atoms with E-state index in [0.29, 0.717) is 17.0 Å². The van der Waals surface area contributed by atoms with Crippen LogP contribution < -0.4 is 5.32 Å². The number of nitrogens with one attached hydrogen (secondary N) is 1. The van der Waals surface area contributed by atoms with Crippen molar-refractivity contribution >= 4 is 28.9 Å². The van der Waals surface area contributed by atoms with Crippen molar-refractivity contribution in [3.8, 4) is 6.07 Å². The van der Waals surface area contributed by atoms with Crippen LogP contribution in [0.5, 0.6) is 0 Å². The van der Waals surface area contributed by atoms with Crippen molar-refractivity contribution in [3.63, 3.8) is 0 Å². The molecule has 0 amide bonds. The first kappa shape index (κ1) is 21.0. The minimum atomic E-state index is -0.782. The van der Waals surface area contributed by atoms with Crippen molar-refractivity contribution < 1.29 is 23.8 Å². The van der Waals surface area contributed by atoms with E-state index < -0.39 is 30.4 Å². The molecule has 2 aromatic rings. The van der Waals surface area contributed by atoms with Crippen molar-refractivity contribution in [1.82, 2.24) is 19.5 Å². The summed E-state index contributed by atoms with van der Waals surface area (Å²) in [5, 5.41) is 12.8. The molecule has 1 N–H and O–H groups in total. The Morgan fingerprint density at radius 1 is 1.29 bits per heavy atom. The smallest absolute Gasteiger partial charge is 0.303 e. The number of fused-ring (bicyclic) bond motifs is 1. The average molecular weight is 427 g/mol. The van der Waals surface area contributed by atoms with Gasteiger partial charge in [0.2, 0.25) is 5.82 Å². The monoisotopic (exact) mass is 427 g/mol. The molecule has 2 aliphatic rings. The van der Waals surface area contributed by atoms with Crippen LogP contribution in [0.15, 0.2) is 6.33 Å². The molecule has 1 aliphatic heterocycles. The number of nitriles is 1. The second kappa shape index (κ2) is 8.85. The lowest BCUT2D eigenvalue weighted by Crippen LogP contribution is -2.25. The lowest BCUT2D eigenvalue weighted by Gasteiger charge is -2.20. The number of nitrogens with zero attached hydrogens (tertiary/aromatic N) is 5. The Balaban J connectivity index is 1.67. The molecule has 1 radical (unpaired) electrons. The van der Waals surface area contributed by atoms with Gasteiger partial charge in [-0.25, -0.2) is 4.98 Å². The molecule has 0 aromatic carbocycles. The molecular weight excluding hydrogens is 404 g/mol. The first-order chi connectivity index (χ1) is 14.9. The topological polar surface area (TPSA) is 141 Å². The van der Waals surface area contributed by atoms with Crippen LogP contribution in [-0.4, -0.2) is 56.3 Å². The predicted molar refractivity (Wildman–Crippen MR) is 106 cm³/mol. The van der Waals surface area contributed by atoms with E-state index in [1.807, 2.05) is 6.07 Å². The molecule has 11 heteroatoms. The van der Waals surface area contributed by atoms with Crippen LogP contribution in [0.2, 0.25) is 0 Å². The number of hydrogen-bond donors (Lipinski definition) is 1. The van der Waals surface area contributed by atoms with Gasteiger partial charge in [0.25, 0.3) is 0 Å². The van der Waals surface area contributed by atoms with E-state index in [1.165, 1.54) is 20.2 Å². The Bertz CT molecular complexity index is 1020. The van der Waals surface area contributed by atoms with E-state index >= 15 is 0 Å². The van der Waals surface area contributed by atoms with Gasteiger partial charge in [-0.2, -0.15) is 15.2 Å². The molecule has 3 heterocycles. The van der Waals surface area contributed by atoms with Crippen molar-refractivity contribution in [1.29, 1.82) is 5.26 Å². The molecule has 11 nitrogen and oxygen atoms in total. The SMILES string of the molecule is CC(=O)OC[C@H]1[CH][C@@H](OC(C)=O)[C@H](n2cnc3c(NC4CCCC4)nc(C#N)nc32)O1. The summed E-state index contributed by atoms with van der Waals surface area (Å²) in [5.74, 6) is -0.429. The van der Waals surface area contributed by atoms with E-state index in [4.69, 9.17) is 14.2 Å². The molecule has 0 spiro atoms. The van der Waals surface area contributed by atoms with E-state index in [0.717, 1.165) is 25.7 Å². The summed E-state index contributed by atoms with van der Waals surface area (Å²) in [4.78, 5) is 35.8. The molecule has 163 valence electrons. The Morgan fingerprint density at radius 2 is 2.06 bits per heavy atom. The standard InChI is InChI=1S/C20H23N6O5/c1-11(27)29-9-14-7-15(30-12(2)28)20(31-14)26-10-22-17-18(23-13-5-3-4-6-13)24-16(8-21)25-19(17)26/h7,10,13-15,20H,3-6,9H2,1-2H3,(H,23,24,25)/t14-,15-,20-/m1/s1. The highest BCUT2D eigenvalue weighted by Crippen LogP contribution is 2.34. The third kappa shape index (κ3) is 4.59. The molecule has 1 aliphatic carbocycles. The number of rotatable bonds is 6. The second-order valence-corrected chi connectivity index (χ2v) is 7.59. The highest BCUT2D eigenvalue weighted by Gasteiger charge is 2.40.